The number of nitrogens with zero attached hydrogens (tertiary/aromatic N) is 8. The van der Waals surface area contributed by atoms with E-state index >= 15 is 0 Å². The molecule has 292 valence electrons. The van der Waals surface area contributed by atoms with Crippen LogP contribution in [-0.2, 0) is 0 Å². The van der Waals surface area contributed by atoms with Crippen molar-refractivity contribution in [2.24, 2.45) is 0 Å². The number of aromatic amines is 2. The van der Waals surface area contributed by atoms with Crippen LogP contribution in [0.5, 0.6) is 0 Å². The molecule has 10 aromatic rings. The highest BCUT2D eigenvalue weighted by Gasteiger charge is 2.53. The summed E-state index contributed by atoms with van der Waals surface area (Å²) in [5.41, 5.74) is 10.6. The van der Waals surface area contributed by atoms with Crippen molar-refractivity contribution in [3.8, 4) is 22.8 Å². The van der Waals surface area contributed by atoms with Gasteiger partial charge in [0, 0.05) is 68.2 Å². The van der Waals surface area contributed by atoms with Gasteiger partial charge in [0.05, 0.1) is 24.6 Å². The predicted octanol–water partition coefficient (Wildman–Crippen LogP) is 9.30. The Morgan fingerprint density at radius 1 is 0.400 bits per heavy atom. The van der Waals surface area contributed by atoms with Crippen LogP contribution in [0.2, 0.25) is 0 Å². The number of benzene rings is 6. The largest absolute Gasteiger partial charge is 0.392 e. The average Bonchev–Trinajstić information content (AvgIpc) is 4.11. The quantitative estimate of drug-likeness (QED) is 0.108. The third kappa shape index (κ3) is 5.84. The summed E-state index contributed by atoms with van der Waals surface area (Å²) in [5.74, 6) is 0.0711. The van der Waals surface area contributed by atoms with Gasteiger partial charge in [-0.2, -0.15) is 29.4 Å². The number of hydrogen-bond acceptors (Lipinski definition) is 8. The first-order valence-electron chi connectivity index (χ1n) is 19.8. The molecular weight excluding hydrogens is 749 g/mol. The number of nitrogens with one attached hydrogen (secondary N) is 2. The van der Waals surface area contributed by atoms with Gasteiger partial charge in [0.1, 0.15) is 0 Å². The van der Waals surface area contributed by atoms with E-state index in [1.165, 1.54) is 0 Å². The summed E-state index contributed by atoms with van der Waals surface area (Å²) < 4.78 is 3.46. The number of anilines is 6. The first-order valence-corrected chi connectivity index (χ1v) is 19.8. The highest BCUT2D eigenvalue weighted by molar-refractivity contribution is 5.79. The van der Waals surface area contributed by atoms with Crippen molar-refractivity contribution < 1.29 is 10.2 Å². The van der Waals surface area contributed by atoms with E-state index in [9.17, 15) is 10.2 Å². The van der Waals surface area contributed by atoms with Crippen LogP contribution in [0.1, 0.15) is 23.0 Å². The summed E-state index contributed by atoms with van der Waals surface area (Å²) in [6.07, 6.45) is 1.60. The van der Waals surface area contributed by atoms with Crippen LogP contribution in [0.4, 0.5) is 34.1 Å². The molecule has 11 rings (SSSR count). The second-order valence-electron chi connectivity index (χ2n) is 15.0. The van der Waals surface area contributed by atoms with Crippen molar-refractivity contribution >= 4 is 45.4 Å². The highest BCUT2D eigenvalue weighted by Crippen LogP contribution is 2.50. The third-order valence-electron chi connectivity index (χ3n) is 11.5. The molecule has 0 amide bonds. The Balaban J connectivity index is 0.834. The maximum atomic E-state index is 11.7. The molecule has 1 aliphatic rings. The van der Waals surface area contributed by atoms with E-state index in [2.05, 4.69) is 113 Å². The topological polar surface area (TPSA) is 139 Å². The van der Waals surface area contributed by atoms with Crippen LogP contribution in [0.25, 0.3) is 34.1 Å². The highest BCUT2D eigenvalue weighted by atomic mass is 16.3. The maximum absolute atomic E-state index is 11.7. The molecule has 1 saturated carbocycles. The van der Waals surface area contributed by atoms with Crippen LogP contribution in [-0.4, -0.2) is 62.0 Å². The predicted molar refractivity (Wildman–Crippen MR) is 232 cm³/mol. The van der Waals surface area contributed by atoms with E-state index in [1.54, 1.807) is 21.4 Å². The van der Waals surface area contributed by atoms with Crippen LogP contribution >= 0.6 is 0 Å². The molecule has 4 aromatic heterocycles. The van der Waals surface area contributed by atoms with Crippen LogP contribution < -0.4 is 9.80 Å². The zero-order valence-corrected chi connectivity index (χ0v) is 32.1. The van der Waals surface area contributed by atoms with Gasteiger partial charge in [-0.3, -0.25) is 10.2 Å². The Bertz CT molecular complexity index is 2740. The van der Waals surface area contributed by atoms with E-state index in [4.69, 9.17) is 0 Å². The SMILES string of the molecule is OC1C(c2cnn3c(-c4ccc(N(c5ccccc5)c5ccccc5)cc4)n[nH]c23)C(O)C1c1cnn2c(-c3ccc(N(c4ccccc4)c4ccccc4)cc3)n[nH]c12. The number of aliphatic hydroxyl groups excluding tert-OH is 2. The first kappa shape index (κ1) is 35.4. The van der Waals surface area contributed by atoms with Gasteiger partial charge in [0.25, 0.3) is 0 Å². The molecule has 1 fully saturated rings. The average molecular weight is 787 g/mol. The molecule has 0 aliphatic heterocycles. The van der Waals surface area contributed by atoms with Gasteiger partial charge in [-0.05, 0) is 97.1 Å². The van der Waals surface area contributed by atoms with Crippen molar-refractivity contribution in [3.05, 3.63) is 193 Å². The Hall–Kier alpha value is -7.80. The van der Waals surface area contributed by atoms with Gasteiger partial charge in [-0.25, -0.2) is 0 Å². The Labute approximate surface area is 344 Å². The minimum Gasteiger partial charge on any atom is -0.392 e. The lowest BCUT2D eigenvalue weighted by atomic mass is 9.64. The van der Waals surface area contributed by atoms with Crippen molar-refractivity contribution in [1.82, 2.24) is 39.6 Å². The molecule has 0 atom stereocenters. The number of rotatable bonds is 10. The van der Waals surface area contributed by atoms with Gasteiger partial charge < -0.3 is 20.0 Å². The lowest BCUT2D eigenvalue weighted by Gasteiger charge is -2.45. The van der Waals surface area contributed by atoms with Gasteiger partial charge in [-0.15, -0.1) is 0 Å². The summed E-state index contributed by atoms with van der Waals surface area (Å²) in [6, 6.07) is 57.4. The number of fused-ring (bicyclic) bond motifs is 2. The maximum Gasteiger partial charge on any atom is 0.182 e. The number of para-hydroxylation sites is 4. The van der Waals surface area contributed by atoms with Crippen molar-refractivity contribution in [2.45, 2.75) is 24.0 Å². The third-order valence-corrected chi connectivity index (χ3v) is 11.5. The Morgan fingerprint density at radius 2 is 0.700 bits per heavy atom. The number of H-pyrrole nitrogens is 2. The van der Waals surface area contributed by atoms with E-state index < -0.39 is 24.0 Å². The molecular formula is C48H38N10O2. The second-order valence-corrected chi connectivity index (χ2v) is 15.0. The van der Waals surface area contributed by atoms with Gasteiger partial charge >= 0.3 is 0 Å². The molecule has 4 heterocycles. The summed E-state index contributed by atoms with van der Waals surface area (Å²) >= 11 is 0. The molecule has 4 N–H and O–H groups in total. The van der Waals surface area contributed by atoms with Crippen molar-refractivity contribution in [2.75, 3.05) is 9.80 Å². The van der Waals surface area contributed by atoms with E-state index in [0.717, 1.165) is 45.3 Å². The molecule has 1 aliphatic carbocycles. The number of aromatic nitrogens is 8. The van der Waals surface area contributed by atoms with Crippen LogP contribution in [0.3, 0.4) is 0 Å². The van der Waals surface area contributed by atoms with Crippen LogP contribution in [0, 0.1) is 0 Å². The van der Waals surface area contributed by atoms with E-state index in [0.29, 0.717) is 34.1 Å². The fourth-order valence-electron chi connectivity index (χ4n) is 8.60. The second kappa shape index (κ2) is 14.5. The molecule has 12 nitrogen and oxygen atoms in total. The smallest absolute Gasteiger partial charge is 0.182 e. The number of aliphatic hydroxyl groups is 2. The zero-order valence-electron chi connectivity index (χ0n) is 32.1. The van der Waals surface area contributed by atoms with E-state index in [1.807, 2.05) is 97.1 Å². The standard InChI is InChI=1S/C48H38N10O2/c59-43-41(39-29-49-57-45(51-53-47(39)57)31-21-25-37(26-22-31)55(33-13-5-1-6-14-33)34-15-7-2-8-16-34)44(60)42(43)40-30-50-58-46(52-54-48(40)58)32-23-27-38(28-24-32)56(35-17-9-3-10-18-35)36-19-11-4-12-20-36/h1-30,41-44,53-54,59-60H. The molecule has 0 spiro atoms. The minimum absolute atomic E-state index is 0.587. The number of hydrogen-bond donors (Lipinski definition) is 4. The molecule has 12 heteroatoms. The van der Waals surface area contributed by atoms with Crippen LogP contribution in [0.15, 0.2) is 182 Å². The fourth-order valence-corrected chi connectivity index (χ4v) is 8.60. The summed E-state index contributed by atoms with van der Waals surface area (Å²) in [4.78, 5) is 4.41. The minimum atomic E-state index is -0.901. The van der Waals surface area contributed by atoms with Gasteiger partial charge in [0.15, 0.2) is 22.9 Å². The lowest BCUT2D eigenvalue weighted by molar-refractivity contribution is -0.0777. The summed E-state index contributed by atoms with van der Waals surface area (Å²) in [5, 5.41) is 48.2. The lowest BCUT2D eigenvalue weighted by Crippen LogP contribution is -2.51. The molecule has 0 saturated heterocycles. The zero-order chi connectivity index (χ0) is 40.2. The molecule has 6 aromatic carbocycles. The molecule has 0 bridgehead atoms. The van der Waals surface area contributed by atoms with E-state index in [-0.39, 0.29) is 0 Å². The Morgan fingerprint density at radius 3 is 1.02 bits per heavy atom. The normalized spacial score (nSPS) is 17.5. The van der Waals surface area contributed by atoms with Crippen molar-refractivity contribution in [1.29, 1.82) is 0 Å². The summed E-state index contributed by atoms with van der Waals surface area (Å²) in [6.45, 7) is 0. The monoisotopic (exact) mass is 786 g/mol. The molecule has 0 unspecified atom stereocenters. The summed E-state index contributed by atoms with van der Waals surface area (Å²) in [7, 11) is 0. The molecule has 0 radical (unpaired) electrons. The van der Waals surface area contributed by atoms with Crippen molar-refractivity contribution in [3.63, 3.8) is 0 Å². The Kier molecular flexibility index (Phi) is 8.57. The molecule has 60 heavy (non-hydrogen) atoms. The fraction of sp³-hybridized carbons (Fsp3) is 0.0833. The van der Waals surface area contributed by atoms with Gasteiger partial charge in [0.2, 0.25) is 0 Å². The first-order chi connectivity index (χ1) is 29.6. The van der Waals surface area contributed by atoms with Gasteiger partial charge in [-0.1, -0.05) is 72.8 Å².